The van der Waals surface area contributed by atoms with Crippen LogP contribution in [-0.2, 0) is 11.7 Å². The molecule has 0 aromatic heterocycles. The van der Waals surface area contributed by atoms with E-state index in [1.165, 1.54) is 0 Å². The largest absolute Gasteiger partial charge is 0.232 e. The Labute approximate surface area is 67.9 Å². The fraction of sp³-hybridized carbons (Fsp3) is 0.143. The van der Waals surface area contributed by atoms with Gasteiger partial charge < -0.3 is 0 Å². The number of benzene rings is 1. The van der Waals surface area contributed by atoms with Crippen molar-refractivity contribution in [1.29, 1.82) is 0 Å². The predicted octanol–water partition coefficient (Wildman–Crippen LogP) is 2.22. The Morgan fingerprint density at radius 3 is 2.44 bits per heavy atom. The van der Waals surface area contributed by atoms with Gasteiger partial charge in [-0.05, 0) is 34.2 Å². The molecule has 1 radical (unpaired) electrons. The van der Waals surface area contributed by atoms with E-state index in [2.05, 4.69) is 22.6 Å². The van der Waals surface area contributed by atoms with E-state index in [0.29, 0.717) is 0 Å². The van der Waals surface area contributed by atoms with Crippen LogP contribution in [0, 0.1) is 3.57 Å². The molecule has 0 aliphatic rings. The molecule has 9 heavy (non-hydrogen) atoms. The van der Waals surface area contributed by atoms with Gasteiger partial charge in [0.15, 0.2) is 0 Å². The fourth-order valence-electron chi connectivity index (χ4n) is 0.615. The van der Waals surface area contributed by atoms with Gasteiger partial charge in [-0.3, -0.25) is 0 Å². The summed E-state index contributed by atoms with van der Waals surface area (Å²) < 4.78 is 1.06. The Bertz CT molecular complexity index is 198. The minimum Gasteiger partial charge on any atom is -0.232 e. The van der Waals surface area contributed by atoms with E-state index in [0.717, 1.165) is 9.13 Å². The van der Waals surface area contributed by atoms with E-state index < -0.39 is 0 Å². The first-order valence-electron chi connectivity index (χ1n) is 2.66. The Morgan fingerprint density at radius 2 is 2.00 bits per heavy atom. The van der Waals surface area contributed by atoms with E-state index in [-0.39, 0.29) is 6.61 Å². The topological polar surface area (TPSA) is 19.9 Å². The zero-order chi connectivity index (χ0) is 6.69. The summed E-state index contributed by atoms with van der Waals surface area (Å²) in [6, 6.07) is 7.61. The molecule has 0 amide bonds. The molecular weight excluding hydrogens is 227 g/mol. The lowest BCUT2D eigenvalue weighted by Crippen LogP contribution is -1.83. The smallest absolute Gasteiger partial charge is 0.108 e. The number of hydrogen-bond acceptors (Lipinski definition) is 0. The molecule has 0 heterocycles. The molecular formula is C7H6IO. The quantitative estimate of drug-likeness (QED) is 0.663. The first kappa shape index (κ1) is 7.02. The fourth-order valence-corrected chi connectivity index (χ4v) is 1.16. The molecule has 1 aromatic carbocycles. The van der Waals surface area contributed by atoms with Crippen LogP contribution >= 0.6 is 22.6 Å². The highest BCUT2D eigenvalue weighted by molar-refractivity contribution is 14.1. The standard InChI is InChI=1S/C7H6IO/c8-7-4-2-1-3-6(7)5-9/h1-4H,5H2. The SMILES string of the molecule is [O]Cc1ccccc1I. The van der Waals surface area contributed by atoms with Crippen LogP contribution in [0.1, 0.15) is 5.56 Å². The van der Waals surface area contributed by atoms with Gasteiger partial charge >= 0.3 is 0 Å². The lowest BCUT2D eigenvalue weighted by atomic mass is 10.2. The van der Waals surface area contributed by atoms with Gasteiger partial charge in [-0.25, -0.2) is 5.11 Å². The molecule has 1 aromatic rings. The Morgan fingerprint density at radius 1 is 1.33 bits per heavy atom. The Kier molecular flexibility index (Phi) is 2.48. The molecule has 0 aliphatic carbocycles. The molecule has 0 unspecified atom stereocenters. The zero-order valence-electron chi connectivity index (χ0n) is 4.80. The van der Waals surface area contributed by atoms with Gasteiger partial charge in [-0.1, -0.05) is 18.2 Å². The van der Waals surface area contributed by atoms with Crippen LogP contribution in [-0.4, -0.2) is 0 Å². The van der Waals surface area contributed by atoms with Crippen molar-refractivity contribution in [2.45, 2.75) is 6.61 Å². The van der Waals surface area contributed by atoms with Gasteiger partial charge in [0.05, 0.1) is 0 Å². The van der Waals surface area contributed by atoms with Crippen molar-refractivity contribution in [2.24, 2.45) is 0 Å². The monoisotopic (exact) mass is 233 g/mol. The summed E-state index contributed by atoms with van der Waals surface area (Å²) in [4.78, 5) is 0. The predicted molar refractivity (Wildman–Crippen MR) is 43.5 cm³/mol. The van der Waals surface area contributed by atoms with Crippen molar-refractivity contribution >= 4 is 22.6 Å². The van der Waals surface area contributed by atoms with Crippen molar-refractivity contribution < 1.29 is 5.11 Å². The van der Waals surface area contributed by atoms with Crippen molar-refractivity contribution in [2.75, 3.05) is 0 Å². The summed E-state index contributed by atoms with van der Waals surface area (Å²) in [5.74, 6) is 0. The maximum Gasteiger partial charge on any atom is 0.108 e. The van der Waals surface area contributed by atoms with Crippen molar-refractivity contribution in [3.05, 3.63) is 33.4 Å². The van der Waals surface area contributed by atoms with Crippen LogP contribution in [0.2, 0.25) is 0 Å². The maximum atomic E-state index is 10.3. The van der Waals surface area contributed by atoms with Crippen molar-refractivity contribution in [3.63, 3.8) is 0 Å². The minimum atomic E-state index is -0.112. The molecule has 0 aliphatic heterocycles. The number of hydrogen-bond donors (Lipinski definition) is 0. The van der Waals surface area contributed by atoms with Gasteiger partial charge in [0.2, 0.25) is 0 Å². The van der Waals surface area contributed by atoms with Crippen molar-refractivity contribution in [3.8, 4) is 0 Å². The zero-order valence-corrected chi connectivity index (χ0v) is 6.96. The molecule has 0 atom stereocenters. The molecule has 1 nitrogen and oxygen atoms in total. The maximum absolute atomic E-state index is 10.3. The van der Waals surface area contributed by atoms with Crippen LogP contribution in [0.5, 0.6) is 0 Å². The normalized spacial score (nSPS) is 9.56. The first-order chi connectivity index (χ1) is 4.34. The van der Waals surface area contributed by atoms with Crippen LogP contribution in [0.25, 0.3) is 0 Å². The van der Waals surface area contributed by atoms with Gasteiger partial charge in [0.1, 0.15) is 6.61 Å². The van der Waals surface area contributed by atoms with Gasteiger partial charge in [0.25, 0.3) is 0 Å². The number of halogens is 1. The summed E-state index contributed by atoms with van der Waals surface area (Å²) in [6.45, 7) is -0.112. The van der Waals surface area contributed by atoms with Crippen LogP contribution in [0.3, 0.4) is 0 Å². The third kappa shape index (κ3) is 1.66. The molecule has 0 N–H and O–H groups in total. The van der Waals surface area contributed by atoms with E-state index in [1.807, 2.05) is 24.3 Å². The molecule has 2 heteroatoms. The van der Waals surface area contributed by atoms with E-state index in [4.69, 9.17) is 0 Å². The highest BCUT2D eigenvalue weighted by atomic mass is 127. The first-order valence-corrected chi connectivity index (χ1v) is 3.74. The van der Waals surface area contributed by atoms with E-state index in [1.54, 1.807) is 0 Å². The summed E-state index contributed by atoms with van der Waals surface area (Å²) in [7, 11) is 0. The second-order valence-electron chi connectivity index (χ2n) is 1.74. The second kappa shape index (κ2) is 3.17. The summed E-state index contributed by atoms with van der Waals surface area (Å²) in [5, 5.41) is 10.3. The minimum absolute atomic E-state index is 0.112. The van der Waals surface area contributed by atoms with Gasteiger partial charge in [-0.2, -0.15) is 0 Å². The Hall–Kier alpha value is -0.0900. The van der Waals surface area contributed by atoms with Crippen LogP contribution in [0.4, 0.5) is 0 Å². The summed E-state index contributed by atoms with van der Waals surface area (Å²) >= 11 is 2.16. The van der Waals surface area contributed by atoms with Crippen molar-refractivity contribution in [1.82, 2.24) is 0 Å². The lowest BCUT2D eigenvalue weighted by molar-refractivity contribution is 0.177. The van der Waals surface area contributed by atoms with E-state index in [9.17, 15) is 5.11 Å². The van der Waals surface area contributed by atoms with E-state index >= 15 is 0 Å². The average Bonchev–Trinajstić information content (AvgIpc) is 1.89. The molecule has 47 valence electrons. The highest BCUT2D eigenvalue weighted by Crippen LogP contribution is 2.10. The summed E-state index contributed by atoms with van der Waals surface area (Å²) in [5.41, 5.74) is 0.887. The van der Waals surface area contributed by atoms with Crippen LogP contribution < -0.4 is 0 Å². The molecule has 0 saturated carbocycles. The second-order valence-corrected chi connectivity index (χ2v) is 2.90. The molecule has 1 rings (SSSR count). The van der Waals surface area contributed by atoms with Gasteiger partial charge in [0, 0.05) is 3.57 Å². The lowest BCUT2D eigenvalue weighted by Gasteiger charge is -1.94. The van der Waals surface area contributed by atoms with Crippen LogP contribution in [0.15, 0.2) is 24.3 Å². The molecule has 0 saturated heterocycles. The Balaban J connectivity index is 3.01. The third-order valence-corrected chi connectivity index (χ3v) is 2.17. The number of rotatable bonds is 1. The highest BCUT2D eigenvalue weighted by Gasteiger charge is 1.93. The third-order valence-electron chi connectivity index (χ3n) is 1.11. The van der Waals surface area contributed by atoms with Gasteiger partial charge in [-0.15, -0.1) is 0 Å². The summed E-state index contributed by atoms with van der Waals surface area (Å²) in [6.07, 6.45) is 0. The molecule has 0 fully saturated rings. The molecule has 0 bridgehead atoms. The molecule has 0 spiro atoms. The average molecular weight is 233 g/mol.